The summed E-state index contributed by atoms with van der Waals surface area (Å²) in [5.74, 6) is 0.768. The van der Waals surface area contributed by atoms with Gasteiger partial charge in [0.25, 0.3) is 0 Å². The molecule has 0 unspecified atom stereocenters. The highest BCUT2D eigenvalue weighted by Crippen LogP contribution is 2.21. The topological polar surface area (TPSA) is 63.8 Å². The number of anilines is 1. The van der Waals surface area contributed by atoms with Gasteiger partial charge in [0.1, 0.15) is 5.82 Å². The fourth-order valence-electron chi connectivity index (χ4n) is 1.94. The third-order valence-electron chi connectivity index (χ3n) is 3.04. The van der Waals surface area contributed by atoms with Crippen molar-refractivity contribution in [3.8, 4) is 11.3 Å². The molecule has 0 amide bonds. The molecule has 0 saturated carbocycles. The number of benzene rings is 1. The van der Waals surface area contributed by atoms with E-state index in [1.54, 1.807) is 0 Å². The van der Waals surface area contributed by atoms with E-state index in [0.29, 0.717) is 6.54 Å². The molecule has 3 N–H and O–H groups in total. The van der Waals surface area contributed by atoms with Crippen molar-refractivity contribution in [3.05, 3.63) is 40.9 Å². The standard InChI is InChI=1S/C15H19BrN4/c1-15(2,9-10-17)18-14-8-7-13(19-20-14)11-3-5-12(16)6-4-11/h3-8H,9-10,17H2,1-2H3,(H,18,20). The molecule has 0 spiro atoms. The third kappa shape index (κ3) is 4.02. The summed E-state index contributed by atoms with van der Waals surface area (Å²) in [7, 11) is 0. The summed E-state index contributed by atoms with van der Waals surface area (Å²) in [6.07, 6.45) is 0.878. The van der Waals surface area contributed by atoms with Gasteiger partial charge in [0.2, 0.25) is 0 Å². The molecule has 1 heterocycles. The molecular formula is C15H19BrN4. The van der Waals surface area contributed by atoms with Gasteiger partial charge in [-0.05, 0) is 51.1 Å². The van der Waals surface area contributed by atoms with Crippen molar-refractivity contribution in [2.24, 2.45) is 5.73 Å². The van der Waals surface area contributed by atoms with Crippen molar-refractivity contribution >= 4 is 21.7 Å². The third-order valence-corrected chi connectivity index (χ3v) is 3.57. The van der Waals surface area contributed by atoms with Gasteiger partial charge in [-0.2, -0.15) is 0 Å². The maximum atomic E-state index is 5.60. The molecule has 0 aliphatic rings. The zero-order valence-corrected chi connectivity index (χ0v) is 13.3. The number of rotatable bonds is 5. The Balaban J connectivity index is 2.12. The van der Waals surface area contributed by atoms with Crippen LogP contribution in [0.2, 0.25) is 0 Å². The largest absolute Gasteiger partial charge is 0.364 e. The SMILES string of the molecule is CC(C)(CCN)Nc1ccc(-c2ccc(Br)cc2)nn1. The van der Waals surface area contributed by atoms with Crippen LogP contribution in [0.1, 0.15) is 20.3 Å². The Morgan fingerprint density at radius 1 is 1.10 bits per heavy atom. The van der Waals surface area contributed by atoms with E-state index in [9.17, 15) is 0 Å². The molecule has 2 aromatic rings. The highest BCUT2D eigenvalue weighted by Gasteiger charge is 2.16. The number of halogens is 1. The van der Waals surface area contributed by atoms with Crippen LogP contribution in [0.3, 0.4) is 0 Å². The highest BCUT2D eigenvalue weighted by molar-refractivity contribution is 9.10. The van der Waals surface area contributed by atoms with Gasteiger partial charge in [-0.15, -0.1) is 10.2 Å². The number of nitrogens with one attached hydrogen (secondary N) is 1. The molecule has 0 atom stereocenters. The molecule has 1 aromatic carbocycles. The lowest BCUT2D eigenvalue weighted by Gasteiger charge is -2.25. The van der Waals surface area contributed by atoms with Crippen LogP contribution in [0.4, 0.5) is 5.82 Å². The Hall–Kier alpha value is -1.46. The summed E-state index contributed by atoms with van der Waals surface area (Å²) in [5.41, 5.74) is 7.43. The molecule has 4 nitrogen and oxygen atoms in total. The number of hydrogen-bond donors (Lipinski definition) is 2. The van der Waals surface area contributed by atoms with Gasteiger partial charge in [0, 0.05) is 15.6 Å². The Morgan fingerprint density at radius 3 is 2.35 bits per heavy atom. The summed E-state index contributed by atoms with van der Waals surface area (Å²) < 4.78 is 1.05. The first-order valence-corrected chi connectivity index (χ1v) is 7.37. The summed E-state index contributed by atoms with van der Waals surface area (Å²) >= 11 is 3.42. The molecule has 0 bridgehead atoms. The van der Waals surface area contributed by atoms with E-state index in [1.807, 2.05) is 36.4 Å². The lowest BCUT2D eigenvalue weighted by molar-refractivity contribution is 0.523. The van der Waals surface area contributed by atoms with Gasteiger partial charge < -0.3 is 11.1 Å². The van der Waals surface area contributed by atoms with E-state index in [1.165, 1.54) is 0 Å². The molecule has 5 heteroatoms. The van der Waals surface area contributed by atoms with E-state index in [0.717, 1.165) is 28.0 Å². The molecule has 20 heavy (non-hydrogen) atoms. The summed E-state index contributed by atoms with van der Waals surface area (Å²) in [5, 5.41) is 11.8. The minimum absolute atomic E-state index is 0.0808. The van der Waals surface area contributed by atoms with E-state index in [4.69, 9.17) is 5.73 Å². The zero-order valence-electron chi connectivity index (χ0n) is 11.7. The van der Waals surface area contributed by atoms with Crippen LogP contribution < -0.4 is 11.1 Å². The first kappa shape index (κ1) is 14.9. The average molecular weight is 335 g/mol. The number of nitrogens with zero attached hydrogens (tertiary/aromatic N) is 2. The molecular weight excluding hydrogens is 316 g/mol. The van der Waals surface area contributed by atoms with E-state index < -0.39 is 0 Å². The van der Waals surface area contributed by atoms with Crippen LogP contribution in [-0.4, -0.2) is 22.3 Å². The van der Waals surface area contributed by atoms with Crippen molar-refractivity contribution in [2.75, 3.05) is 11.9 Å². The summed E-state index contributed by atoms with van der Waals surface area (Å²) in [4.78, 5) is 0. The lowest BCUT2D eigenvalue weighted by Crippen LogP contribution is -2.33. The number of hydrogen-bond acceptors (Lipinski definition) is 4. The quantitative estimate of drug-likeness (QED) is 0.878. The van der Waals surface area contributed by atoms with Crippen LogP contribution in [0.25, 0.3) is 11.3 Å². The maximum absolute atomic E-state index is 5.60. The van der Waals surface area contributed by atoms with Crippen molar-refractivity contribution in [3.63, 3.8) is 0 Å². The van der Waals surface area contributed by atoms with Crippen LogP contribution in [0.15, 0.2) is 40.9 Å². The first-order valence-electron chi connectivity index (χ1n) is 6.58. The van der Waals surface area contributed by atoms with Gasteiger partial charge in [-0.25, -0.2) is 0 Å². The molecule has 0 aliphatic carbocycles. The molecule has 106 valence electrons. The minimum atomic E-state index is -0.0808. The highest BCUT2D eigenvalue weighted by atomic mass is 79.9. The number of aromatic nitrogens is 2. The normalized spacial score (nSPS) is 11.4. The second-order valence-electron chi connectivity index (χ2n) is 5.36. The van der Waals surface area contributed by atoms with E-state index in [-0.39, 0.29) is 5.54 Å². The smallest absolute Gasteiger partial charge is 0.149 e. The molecule has 0 saturated heterocycles. The minimum Gasteiger partial charge on any atom is -0.364 e. The molecule has 2 rings (SSSR count). The first-order chi connectivity index (χ1) is 9.50. The van der Waals surface area contributed by atoms with Gasteiger partial charge in [-0.3, -0.25) is 0 Å². The van der Waals surface area contributed by atoms with Crippen molar-refractivity contribution in [1.82, 2.24) is 10.2 Å². The van der Waals surface area contributed by atoms with Crippen molar-refractivity contribution < 1.29 is 0 Å². The maximum Gasteiger partial charge on any atom is 0.149 e. The predicted molar refractivity (Wildman–Crippen MR) is 86.5 cm³/mol. The van der Waals surface area contributed by atoms with Gasteiger partial charge >= 0.3 is 0 Å². The lowest BCUT2D eigenvalue weighted by atomic mass is 10.0. The van der Waals surface area contributed by atoms with Crippen LogP contribution in [0.5, 0.6) is 0 Å². The Morgan fingerprint density at radius 2 is 1.80 bits per heavy atom. The zero-order chi connectivity index (χ0) is 14.6. The molecule has 0 aliphatic heterocycles. The predicted octanol–water partition coefficient (Wildman–Crippen LogP) is 3.45. The van der Waals surface area contributed by atoms with Crippen LogP contribution in [0, 0.1) is 0 Å². The number of nitrogens with two attached hydrogens (primary N) is 1. The second kappa shape index (κ2) is 6.33. The van der Waals surface area contributed by atoms with E-state index >= 15 is 0 Å². The second-order valence-corrected chi connectivity index (χ2v) is 6.27. The monoisotopic (exact) mass is 334 g/mol. The van der Waals surface area contributed by atoms with Gasteiger partial charge in [0.05, 0.1) is 5.69 Å². The van der Waals surface area contributed by atoms with Crippen molar-refractivity contribution in [2.45, 2.75) is 25.8 Å². The van der Waals surface area contributed by atoms with Crippen LogP contribution >= 0.6 is 15.9 Å². The Bertz CT molecular complexity index is 549. The molecule has 1 aromatic heterocycles. The Labute approximate surface area is 127 Å². The summed E-state index contributed by atoms with van der Waals surface area (Å²) in [6, 6.07) is 11.9. The average Bonchev–Trinajstić information content (AvgIpc) is 2.40. The Kier molecular flexibility index (Phi) is 4.73. The van der Waals surface area contributed by atoms with Gasteiger partial charge in [0.15, 0.2) is 0 Å². The molecule has 0 fully saturated rings. The fraction of sp³-hybridized carbons (Fsp3) is 0.333. The molecule has 0 radical (unpaired) electrons. The fourth-order valence-corrected chi connectivity index (χ4v) is 2.21. The van der Waals surface area contributed by atoms with Gasteiger partial charge in [-0.1, -0.05) is 28.1 Å². The van der Waals surface area contributed by atoms with Crippen LogP contribution in [-0.2, 0) is 0 Å². The van der Waals surface area contributed by atoms with Crippen molar-refractivity contribution in [1.29, 1.82) is 0 Å². The summed E-state index contributed by atoms with van der Waals surface area (Å²) in [6.45, 7) is 4.85. The van der Waals surface area contributed by atoms with E-state index in [2.05, 4.69) is 45.3 Å².